The second kappa shape index (κ2) is 10.1. The molecule has 0 aliphatic carbocycles. The Labute approximate surface area is 189 Å². The smallest absolute Gasteiger partial charge is 0.227 e. The highest BCUT2D eigenvalue weighted by Gasteiger charge is 2.30. The number of carbonyl (C=O) groups excluding carboxylic acids is 2. The minimum Gasteiger partial charge on any atom is -0.457 e. The Bertz CT molecular complexity index is 1050. The van der Waals surface area contributed by atoms with Crippen LogP contribution in [-0.2, 0) is 16.1 Å². The van der Waals surface area contributed by atoms with Crippen LogP contribution in [0.25, 0.3) is 0 Å². The van der Waals surface area contributed by atoms with Crippen LogP contribution in [0.15, 0.2) is 84.9 Å². The van der Waals surface area contributed by atoms with Crippen LogP contribution in [0.4, 0.5) is 0 Å². The number of hydrogen-bond donors (Lipinski definition) is 1. The number of nitrogens with zero attached hydrogens (tertiary/aromatic N) is 1. The van der Waals surface area contributed by atoms with E-state index in [-0.39, 0.29) is 23.7 Å². The maximum absolute atomic E-state index is 12.8. The summed E-state index contributed by atoms with van der Waals surface area (Å²) in [5.41, 5.74) is 2.01. The standard InChI is InChI=1S/C27H28N2O3/c1-20(23-11-8-14-25(16-23)32-24-12-6-3-7-13-24)27(31)28-17-22-15-26(30)29(19-22)18-21-9-4-2-5-10-21/h2-14,16,20,22H,15,17-19H2,1H3,(H,28,31). The highest BCUT2D eigenvalue weighted by Crippen LogP contribution is 2.26. The molecule has 1 fully saturated rings. The third kappa shape index (κ3) is 5.55. The van der Waals surface area contributed by atoms with E-state index in [1.807, 2.05) is 96.8 Å². The molecule has 2 atom stereocenters. The van der Waals surface area contributed by atoms with Crippen LogP contribution in [0.3, 0.4) is 0 Å². The molecule has 5 nitrogen and oxygen atoms in total. The van der Waals surface area contributed by atoms with E-state index in [1.165, 1.54) is 0 Å². The number of nitrogens with one attached hydrogen (secondary N) is 1. The highest BCUT2D eigenvalue weighted by atomic mass is 16.5. The van der Waals surface area contributed by atoms with Gasteiger partial charge in [0.25, 0.3) is 0 Å². The Morgan fingerprint density at radius 3 is 2.44 bits per heavy atom. The average molecular weight is 429 g/mol. The van der Waals surface area contributed by atoms with Gasteiger partial charge in [-0.05, 0) is 42.3 Å². The second-order valence-corrected chi connectivity index (χ2v) is 8.28. The fourth-order valence-corrected chi connectivity index (χ4v) is 3.97. The molecule has 2 amide bonds. The molecule has 0 radical (unpaired) electrons. The summed E-state index contributed by atoms with van der Waals surface area (Å²) in [7, 11) is 0. The number of carbonyl (C=O) groups is 2. The van der Waals surface area contributed by atoms with Crippen molar-refractivity contribution in [2.75, 3.05) is 13.1 Å². The molecule has 5 heteroatoms. The monoisotopic (exact) mass is 428 g/mol. The van der Waals surface area contributed by atoms with Crippen molar-refractivity contribution in [2.45, 2.75) is 25.8 Å². The summed E-state index contributed by atoms with van der Waals surface area (Å²) >= 11 is 0. The Kier molecular flexibility index (Phi) is 6.85. The van der Waals surface area contributed by atoms with Gasteiger partial charge in [0.2, 0.25) is 11.8 Å². The lowest BCUT2D eigenvalue weighted by Gasteiger charge is -2.18. The zero-order chi connectivity index (χ0) is 22.3. The van der Waals surface area contributed by atoms with Crippen LogP contribution >= 0.6 is 0 Å². The molecule has 0 aromatic heterocycles. The van der Waals surface area contributed by atoms with Crippen molar-refractivity contribution in [3.63, 3.8) is 0 Å². The van der Waals surface area contributed by atoms with Gasteiger partial charge in [-0.3, -0.25) is 9.59 Å². The van der Waals surface area contributed by atoms with Gasteiger partial charge in [-0.2, -0.15) is 0 Å². The topological polar surface area (TPSA) is 58.6 Å². The third-order valence-electron chi connectivity index (χ3n) is 5.81. The molecule has 4 rings (SSSR count). The van der Waals surface area contributed by atoms with E-state index in [9.17, 15) is 9.59 Å². The van der Waals surface area contributed by atoms with Gasteiger partial charge in [-0.25, -0.2) is 0 Å². The first-order valence-corrected chi connectivity index (χ1v) is 11.0. The fraction of sp³-hybridized carbons (Fsp3) is 0.259. The van der Waals surface area contributed by atoms with E-state index in [4.69, 9.17) is 4.74 Å². The summed E-state index contributed by atoms with van der Waals surface area (Å²) in [6, 6.07) is 27.2. The summed E-state index contributed by atoms with van der Waals surface area (Å²) in [6.07, 6.45) is 0.474. The quantitative estimate of drug-likeness (QED) is 0.563. The van der Waals surface area contributed by atoms with Crippen molar-refractivity contribution in [3.05, 3.63) is 96.1 Å². The van der Waals surface area contributed by atoms with Crippen LogP contribution in [0, 0.1) is 5.92 Å². The zero-order valence-corrected chi connectivity index (χ0v) is 18.2. The SMILES string of the molecule is CC(C(=O)NCC1CC(=O)N(Cc2ccccc2)C1)c1cccc(Oc2ccccc2)c1. The van der Waals surface area contributed by atoms with Crippen LogP contribution in [0.2, 0.25) is 0 Å². The number of amides is 2. The largest absolute Gasteiger partial charge is 0.457 e. The summed E-state index contributed by atoms with van der Waals surface area (Å²) in [5.74, 6) is 1.38. The van der Waals surface area contributed by atoms with Gasteiger partial charge in [0.15, 0.2) is 0 Å². The maximum Gasteiger partial charge on any atom is 0.227 e. The molecule has 0 saturated carbocycles. The van der Waals surface area contributed by atoms with E-state index in [0.29, 0.717) is 31.8 Å². The Morgan fingerprint density at radius 1 is 1.00 bits per heavy atom. The third-order valence-corrected chi connectivity index (χ3v) is 5.81. The number of likely N-dealkylation sites (tertiary alicyclic amines) is 1. The zero-order valence-electron chi connectivity index (χ0n) is 18.2. The summed E-state index contributed by atoms with van der Waals surface area (Å²) < 4.78 is 5.89. The number of rotatable bonds is 8. The van der Waals surface area contributed by atoms with E-state index in [0.717, 1.165) is 16.9 Å². The van der Waals surface area contributed by atoms with Crippen molar-refractivity contribution < 1.29 is 14.3 Å². The van der Waals surface area contributed by atoms with Crippen LogP contribution in [-0.4, -0.2) is 29.8 Å². The minimum absolute atomic E-state index is 0.0455. The molecule has 1 N–H and O–H groups in total. The predicted octanol–water partition coefficient (Wildman–Crippen LogP) is 4.75. The van der Waals surface area contributed by atoms with Crippen molar-refractivity contribution in [3.8, 4) is 11.5 Å². The molecule has 32 heavy (non-hydrogen) atoms. The van der Waals surface area contributed by atoms with Gasteiger partial charge in [-0.1, -0.05) is 60.7 Å². The lowest BCUT2D eigenvalue weighted by molar-refractivity contribution is -0.128. The van der Waals surface area contributed by atoms with Crippen LogP contribution in [0.5, 0.6) is 11.5 Å². The summed E-state index contributed by atoms with van der Waals surface area (Å²) in [4.78, 5) is 27.0. The second-order valence-electron chi connectivity index (χ2n) is 8.28. The van der Waals surface area contributed by atoms with Gasteiger partial charge in [0.05, 0.1) is 5.92 Å². The Balaban J connectivity index is 1.29. The van der Waals surface area contributed by atoms with E-state index in [1.54, 1.807) is 0 Å². The number of benzene rings is 3. The Morgan fingerprint density at radius 2 is 1.69 bits per heavy atom. The first-order valence-electron chi connectivity index (χ1n) is 11.0. The van der Waals surface area contributed by atoms with E-state index >= 15 is 0 Å². The van der Waals surface area contributed by atoms with Crippen molar-refractivity contribution in [2.24, 2.45) is 5.92 Å². The van der Waals surface area contributed by atoms with Gasteiger partial charge < -0.3 is 15.0 Å². The fourth-order valence-electron chi connectivity index (χ4n) is 3.97. The van der Waals surface area contributed by atoms with E-state index in [2.05, 4.69) is 5.32 Å². The number of hydrogen-bond acceptors (Lipinski definition) is 3. The number of para-hydroxylation sites is 1. The van der Waals surface area contributed by atoms with Crippen LogP contribution < -0.4 is 10.1 Å². The summed E-state index contributed by atoms with van der Waals surface area (Å²) in [6.45, 7) is 3.68. The van der Waals surface area contributed by atoms with Crippen molar-refractivity contribution in [1.29, 1.82) is 0 Å². The maximum atomic E-state index is 12.8. The van der Waals surface area contributed by atoms with E-state index < -0.39 is 0 Å². The molecular formula is C27H28N2O3. The first kappa shape index (κ1) is 21.6. The van der Waals surface area contributed by atoms with Gasteiger partial charge in [0.1, 0.15) is 11.5 Å². The van der Waals surface area contributed by atoms with Gasteiger partial charge in [0, 0.05) is 32.0 Å². The molecular weight excluding hydrogens is 400 g/mol. The molecule has 1 saturated heterocycles. The molecule has 2 unspecified atom stereocenters. The lowest BCUT2D eigenvalue weighted by atomic mass is 9.99. The number of ether oxygens (including phenoxy) is 1. The minimum atomic E-state index is -0.313. The van der Waals surface area contributed by atoms with Crippen molar-refractivity contribution >= 4 is 11.8 Å². The lowest BCUT2D eigenvalue weighted by Crippen LogP contribution is -2.33. The molecule has 1 aliphatic rings. The first-order chi connectivity index (χ1) is 15.6. The molecule has 0 spiro atoms. The van der Waals surface area contributed by atoms with Gasteiger partial charge in [-0.15, -0.1) is 0 Å². The molecule has 3 aromatic rings. The van der Waals surface area contributed by atoms with Crippen LogP contribution in [0.1, 0.15) is 30.4 Å². The molecule has 1 aliphatic heterocycles. The molecule has 3 aromatic carbocycles. The van der Waals surface area contributed by atoms with Gasteiger partial charge >= 0.3 is 0 Å². The molecule has 1 heterocycles. The normalized spacial score (nSPS) is 16.6. The van der Waals surface area contributed by atoms with Crippen molar-refractivity contribution in [1.82, 2.24) is 10.2 Å². The Hall–Kier alpha value is -3.60. The predicted molar refractivity (Wildman–Crippen MR) is 124 cm³/mol. The summed E-state index contributed by atoms with van der Waals surface area (Å²) in [5, 5.41) is 3.04. The highest BCUT2D eigenvalue weighted by molar-refractivity contribution is 5.83. The molecule has 0 bridgehead atoms. The molecule has 164 valence electrons. The average Bonchev–Trinajstić information content (AvgIpc) is 3.17.